The Balaban J connectivity index is 2.21. The van der Waals surface area contributed by atoms with E-state index in [9.17, 15) is 0 Å². The van der Waals surface area contributed by atoms with E-state index in [1.165, 1.54) is 0 Å². The molecular weight excluding hydrogens is 316 g/mol. The molecule has 0 spiro atoms. The summed E-state index contributed by atoms with van der Waals surface area (Å²) in [6.45, 7) is 4.07. The minimum atomic E-state index is 0.128. The van der Waals surface area contributed by atoms with Crippen molar-refractivity contribution in [1.29, 1.82) is 0 Å². The second-order valence-electron chi connectivity index (χ2n) is 4.19. The van der Waals surface area contributed by atoms with Crippen molar-refractivity contribution < 1.29 is 0 Å². The van der Waals surface area contributed by atoms with Gasteiger partial charge in [-0.05, 0) is 35.8 Å². The molecule has 4 nitrogen and oxygen atoms in total. The molecule has 2 aromatic rings. The van der Waals surface area contributed by atoms with Gasteiger partial charge >= 0.3 is 0 Å². The van der Waals surface area contributed by atoms with E-state index in [0.717, 1.165) is 21.5 Å². The topological polar surface area (TPSA) is 42.7 Å². The Kier molecular flexibility index (Phi) is 3.92. The smallest absolute Gasteiger partial charge is 0.140 e. The lowest BCUT2D eigenvalue weighted by atomic mass is 10.1. The minimum Gasteiger partial charge on any atom is -0.362 e. The number of aromatic nitrogens is 3. The van der Waals surface area contributed by atoms with E-state index in [1.807, 2.05) is 30.9 Å². The van der Waals surface area contributed by atoms with Gasteiger partial charge in [-0.15, -0.1) is 0 Å². The molecule has 1 N–H and O–H groups in total. The summed E-state index contributed by atoms with van der Waals surface area (Å²) >= 11 is 9.31. The molecule has 2 rings (SSSR count). The van der Waals surface area contributed by atoms with E-state index in [2.05, 4.69) is 38.3 Å². The van der Waals surface area contributed by atoms with Crippen molar-refractivity contribution in [3.63, 3.8) is 0 Å². The maximum atomic E-state index is 5.87. The van der Waals surface area contributed by atoms with Crippen molar-refractivity contribution in [2.24, 2.45) is 7.05 Å². The highest BCUT2D eigenvalue weighted by atomic mass is 79.9. The van der Waals surface area contributed by atoms with Crippen LogP contribution in [0.25, 0.3) is 0 Å². The van der Waals surface area contributed by atoms with Gasteiger partial charge in [0.05, 0.1) is 21.2 Å². The highest BCUT2D eigenvalue weighted by Gasteiger charge is 2.13. The van der Waals surface area contributed by atoms with Crippen molar-refractivity contribution in [2.75, 3.05) is 5.32 Å². The molecule has 0 saturated heterocycles. The van der Waals surface area contributed by atoms with Gasteiger partial charge < -0.3 is 5.32 Å². The number of hydrogen-bond acceptors (Lipinski definition) is 3. The summed E-state index contributed by atoms with van der Waals surface area (Å²) in [6, 6.07) is 1.95. The van der Waals surface area contributed by atoms with E-state index in [4.69, 9.17) is 11.6 Å². The summed E-state index contributed by atoms with van der Waals surface area (Å²) < 4.78 is 2.66. The molecule has 2 heterocycles. The zero-order valence-corrected chi connectivity index (χ0v) is 12.7. The Morgan fingerprint density at radius 2 is 2.22 bits per heavy atom. The number of hydrogen-bond donors (Lipinski definition) is 1. The van der Waals surface area contributed by atoms with E-state index in [0.29, 0.717) is 5.02 Å². The van der Waals surface area contributed by atoms with Gasteiger partial charge in [0.2, 0.25) is 0 Å². The molecule has 0 saturated carbocycles. The van der Waals surface area contributed by atoms with Crippen LogP contribution in [0.4, 0.5) is 5.82 Å². The third kappa shape index (κ3) is 2.84. The monoisotopic (exact) mass is 328 g/mol. The number of nitrogens with one attached hydrogen (secondary N) is 1. The first-order valence-electron chi connectivity index (χ1n) is 5.55. The van der Waals surface area contributed by atoms with Crippen LogP contribution in [0, 0.1) is 6.92 Å². The summed E-state index contributed by atoms with van der Waals surface area (Å²) in [7, 11) is 1.92. The first kappa shape index (κ1) is 13.4. The molecule has 1 atom stereocenters. The summed E-state index contributed by atoms with van der Waals surface area (Å²) in [6.07, 6.45) is 3.63. The Labute approximate surface area is 119 Å². The second-order valence-corrected chi connectivity index (χ2v) is 5.48. The third-order valence-corrected chi connectivity index (χ3v) is 3.49. The number of anilines is 1. The SMILES string of the molecule is Cc1nn(C)cc1C(C)Nc1ncc(Cl)cc1Br. The molecule has 0 bridgehead atoms. The van der Waals surface area contributed by atoms with Crippen LogP contribution in [0.3, 0.4) is 0 Å². The molecule has 0 fully saturated rings. The van der Waals surface area contributed by atoms with Gasteiger partial charge in [-0.25, -0.2) is 4.98 Å². The zero-order chi connectivity index (χ0) is 13.3. The molecule has 18 heavy (non-hydrogen) atoms. The molecule has 0 aromatic carbocycles. The van der Waals surface area contributed by atoms with Crippen molar-refractivity contribution >= 4 is 33.3 Å². The lowest BCUT2D eigenvalue weighted by Crippen LogP contribution is -2.08. The van der Waals surface area contributed by atoms with Gasteiger partial charge in [0.15, 0.2) is 0 Å². The van der Waals surface area contributed by atoms with Crippen LogP contribution in [0.2, 0.25) is 5.02 Å². The molecule has 0 radical (unpaired) electrons. The van der Waals surface area contributed by atoms with E-state index >= 15 is 0 Å². The molecule has 0 aliphatic rings. The highest BCUT2D eigenvalue weighted by Crippen LogP contribution is 2.27. The average Bonchev–Trinajstić information content (AvgIpc) is 2.62. The Bertz CT molecular complexity index is 567. The maximum absolute atomic E-state index is 5.87. The third-order valence-electron chi connectivity index (χ3n) is 2.68. The van der Waals surface area contributed by atoms with Crippen LogP contribution >= 0.6 is 27.5 Å². The van der Waals surface area contributed by atoms with Crippen LogP contribution < -0.4 is 5.32 Å². The van der Waals surface area contributed by atoms with Crippen molar-refractivity contribution in [3.8, 4) is 0 Å². The fourth-order valence-electron chi connectivity index (χ4n) is 1.85. The molecule has 96 valence electrons. The number of aryl methyl sites for hydroxylation is 2. The number of nitrogens with zero attached hydrogens (tertiary/aromatic N) is 3. The predicted octanol–water partition coefficient (Wildman–Crippen LogP) is 3.71. The molecule has 6 heteroatoms. The van der Waals surface area contributed by atoms with Crippen molar-refractivity contribution in [2.45, 2.75) is 19.9 Å². The van der Waals surface area contributed by atoms with Gasteiger partial charge in [-0.2, -0.15) is 5.10 Å². The largest absolute Gasteiger partial charge is 0.362 e. The summed E-state index contributed by atoms with van der Waals surface area (Å²) in [5.74, 6) is 0.773. The van der Waals surface area contributed by atoms with Gasteiger partial charge in [-0.3, -0.25) is 4.68 Å². The van der Waals surface area contributed by atoms with Crippen LogP contribution in [-0.4, -0.2) is 14.8 Å². The molecule has 0 amide bonds. The minimum absolute atomic E-state index is 0.128. The molecular formula is C12H14BrClN4. The number of halogens is 2. The van der Waals surface area contributed by atoms with E-state index in [1.54, 1.807) is 6.20 Å². The fourth-order valence-corrected chi connectivity index (χ4v) is 2.60. The normalized spacial score (nSPS) is 12.5. The Morgan fingerprint density at radius 3 is 2.78 bits per heavy atom. The lowest BCUT2D eigenvalue weighted by Gasteiger charge is -2.15. The molecule has 1 unspecified atom stereocenters. The molecule has 0 aliphatic heterocycles. The van der Waals surface area contributed by atoms with Crippen molar-refractivity contribution in [3.05, 3.63) is 39.2 Å². The van der Waals surface area contributed by atoms with Crippen LogP contribution in [-0.2, 0) is 7.05 Å². The summed E-state index contributed by atoms with van der Waals surface area (Å²) in [5.41, 5.74) is 2.17. The standard InChI is InChI=1S/C12H14BrClN4/c1-7(10-6-18(3)17-8(10)2)16-12-11(13)4-9(14)5-15-12/h4-7H,1-3H3,(H,15,16). The Hall–Kier alpha value is -1.07. The van der Waals surface area contributed by atoms with E-state index < -0.39 is 0 Å². The van der Waals surface area contributed by atoms with Crippen LogP contribution in [0.15, 0.2) is 22.9 Å². The Morgan fingerprint density at radius 1 is 1.50 bits per heavy atom. The quantitative estimate of drug-likeness (QED) is 0.933. The van der Waals surface area contributed by atoms with Crippen molar-refractivity contribution in [1.82, 2.24) is 14.8 Å². The molecule has 0 aliphatic carbocycles. The first-order valence-corrected chi connectivity index (χ1v) is 6.72. The van der Waals surface area contributed by atoms with Gasteiger partial charge in [0, 0.05) is 25.0 Å². The highest BCUT2D eigenvalue weighted by molar-refractivity contribution is 9.10. The van der Waals surface area contributed by atoms with Gasteiger partial charge in [-0.1, -0.05) is 11.6 Å². The van der Waals surface area contributed by atoms with Crippen LogP contribution in [0.1, 0.15) is 24.2 Å². The molecule has 2 aromatic heterocycles. The number of pyridine rings is 1. The van der Waals surface area contributed by atoms with Crippen LogP contribution in [0.5, 0.6) is 0 Å². The average molecular weight is 330 g/mol. The van der Waals surface area contributed by atoms with E-state index in [-0.39, 0.29) is 6.04 Å². The predicted molar refractivity (Wildman–Crippen MR) is 76.9 cm³/mol. The summed E-state index contributed by atoms with van der Waals surface area (Å²) in [5, 5.41) is 8.28. The maximum Gasteiger partial charge on any atom is 0.140 e. The zero-order valence-electron chi connectivity index (χ0n) is 10.4. The number of rotatable bonds is 3. The van der Waals surface area contributed by atoms with Gasteiger partial charge in [0.25, 0.3) is 0 Å². The second kappa shape index (κ2) is 5.28. The van der Waals surface area contributed by atoms with Gasteiger partial charge in [0.1, 0.15) is 5.82 Å². The first-order chi connectivity index (χ1) is 8.47. The lowest BCUT2D eigenvalue weighted by molar-refractivity contribution is 0.756. The summed E-state index contributed by atoms with van der Waals surface area (Å²) in [4.78, 5) is 4.26. The fraction of sp³-hybridized carbons (Fsp3) is 0.333.